The first-order valence-electron chi connectivity index (χ1n) is 4.94. The summed E-state index contributed by atoms with van der Waals surface area (Å²) in [5.74, 6) is -2.73. The molecule has 0 aliphatic heterocycles. The van der Waals surface area contributed by atoms with Crippen LogP contribution in [0.1, 0.15) is 15.9 Å². The van der Waals surface area contributed by atoms with E-state index in [0.29, 0.717) is 8.95 Å². The van der Waals surface area contributed by atoms with E-state index in [1.54, 1.807) is 18.2 Å². The van der Waals surface area contributed by atoms with Gasteiger partial charge < -0.3 is 0 Å². The van der Waals surface area contributed by atoms with E-state index in [4.69, 9.17) is 0 Å². The van der Waals surface area contributed by atoms with Gasteiger partial charge in [-0.15, -0.1) is 0 Å². The number of carbonyl (C=O) groups excluding carboxylic acids is 1. The Morgan fingerprint density at radius 2 is 1.72 bits per heavy atom. The standard InChI is InChI=1S/C13H6Br2F2O/c14-7-4-5-10(15)9(6-7)13(18)8-2-1-3-11(16)12(8)17/h1-6H. The molecular formula is C13H6Br2F2O. The second-order valence-corrected chi connectivity index (χ2v) is 5.32. The maximum Gasteiger partial charge on any atom is 0.197 e. The van der Waals surface area contributed by atoms with Gasteiger partial charge in [0.15, 0.2) is 17.4 Å². The number of halogens is 4. The molecule has 5 heteroatoms. The van der Waals surface area contributed by atoms with Crippen molar-refractivity contribution in [2.75, 3.05) is 0 Å². The summed E-state index contributed by atoms with van der Waals surface area (Å²) in [7, 11) is 0. The lowest BCUT2D eigenvalue weighted by Crippen LogP contribution is -2.06. The second kappa shape index (κ2) is 5.28. The van der Waals surface area contributed by atoms with Crippen molar-refractivity contribution in [3.05, 3.63) is 68.1 Å². The van der Waals surface area contributed by atoms with E-state index in [-0.39, 0.29) is 11.1 Å². The summed E-state index contributed by atoms with van der Waals surface area (Å²) < 4.78 is 27.8. The van der Waals surface area contributed by atoms with Crippen molar-refractivity contribution in [3.63, 3.8) is 0 Å². The fourth-order valence-electron chi connectivity index (χ4n) is 1.50. The molecule has 0 radical (unpaired) electrons. The fraction of sp³-hybridized carbons (Fsp3) is 0. The van der Waals surface area contributed by atoms with Crippen LogP contribution < -0.4 is 0 Å². The lowest BCUT2D eigenvalue weighted by atomic mass is 10.0. The highest BCUT2D eigenvalue weighted by Gasteiger charge is 2.18. The molecular weight excluding hydrogens is 370 g/mol. The maximum atomic E-state index is 13.5. The molecule has 0 aliphatic carbocycles. The van der Waals surface area contributed by atoms with Crippen LogP contribution in [0.4, 0.5) is 8.78 Å². The molecule has 0 aromatic heterocycles. The van der Waals surface area contributed by atoms with Crippen LogP contribution >= 0.6 is 31.9 Å². The summed E-state index contributed by atoms with van der Waals surface area (Å²) in [5.41, 5.74) is -0.0114. The first kappa shape index (κ1) is 13.4. The van der Waals surface area contributed by atoms with Crippen molar-refractivity contribution in [2.45, 2.75) is 0 Å². The molecule has 0 heterocycles. The first-order valence-corrected chi connectivity index (χ1v) is 6.53. The Bertz CT molecular complexity index is 622. The van der Waals surface area contributed by atoms with Crippen molar-refractivity contribution in [2.24, 2.45) is 0 Å². The monoisotopic (exact) mass is 374 g/mol. The lowest BCUT2D eigenvalue weighted by molar-refractivity contribution is 0.103. The topological polar surface area (TPSA) is 17.1 Å². The Labute approximate surface area is 119 Å². The zero-order valence-corrected chi connectivity index (χ0v) is 12.1. The molecule has 2 aromatic carbocycles. The summed E-state index contributed by atoms with van der Waals surface area (Å²) in [6, 6.07) is 8.49. The number of ketones is 1. The Morgan fingerprint density at radius 3 is 2.44 bits per heavy atom. The Kier molecular flexibility index (Phi) is 3.92. The molecule has 0 atom stereocenters. The minimum absolute atomic E-state index is 0.272. The van der Waals surface area contributed by atoms with Crippen LogP contribution in [0, 0.1) is 11.6 Å². The molecule has 0 unspecified atom stereocenters. The zero-order valence-electron chi connectivity index (χ0n) is 8.88. The lowest BCUT2D eigenvalue weighted by Gasteiger charge is -2.06. The van der Waals surface area contributed by atoms with Crippen LogP contribution in [0.2, 0.25) is 0 Å². The normalized spacial score (nSPS) is 10.4. The first-order chi connectivity index (χ1) is 8.50. The van der Waals surface area contributed by atoms with Crippen LogP contribution in [0.3, 0.4) is 0 Å². The van der Waals surface area contributed by atoms with E-state index < -0.39 is 17.4 Å². The molecule has 2 rings (SSSR count). The van der Waals surface area contributed by atoms with Gasteiger partial charge in [-0.1, -0.05) is 37.9 Å². The van der Waals surface area contributed by atoms with Gasteiger partial charge in [0.05, 0.1) is 5.56 Å². The molecule has 0 fully saturated rings. The van der Waals surface area contributed by atoms with Gasteiger partial charge in [0.25, 0.3) is 0 Å². The van der Waals surface area contributed by atoms with Crippen LogP contribution in [0.25, 0.3) is 0 Å². The predicted octanol–water partition coefficient (Wildman–Crippen LogP) is 4.72. The zero-order chi connectivity index (χ0) is 13.3. The third-order valence-corrected chi connectivity index (χ3v) is 3.55. The van der Waals surface area contributed by atoms with Gasteiger partial charge in [0, 0.05) is 14.5 Å². The van der Waals surface area contributed by atoms with E-state index in [9.17, 15) is 13.6 Å². The SMILES string of the molecule is O=C(c1cc(Br)ccc1Br)c1cccc(F)c1F. The van der Waals surface area contributed by atoms with Crippen molar-refractivity contribution >= 4 is 37.6 Å². The van der Waals surface area contributed by atoms with Crippen molar-refractivity contribution in [1.29, 1.82) is 0 Å². The van der Waals surface area contributed by atoms with Crippen LogP contribution in [-0.2, 0) is 0 Å². The van der Waals surface area contributed by atoms with Gasteiger partial charge in [-0.3, -0.25) is 4.79 Å². The summed E-state index contributed by atoms with van der Waals surface area (Å²) in [6.45, 7) is 0. The summed E-state index contributed by atoms with van der Waals surface area (Å²) in [5, 5.41) is 0. The molecule has 0 aliphatic rings. The molecule has 0 N–H and O–H groups in total. The molecule has 0 saturated heterocycles. The molecule has 0 amide bonds. The highest BCUT2D eigenvalue weighted by atomic mass is 79.9. The average Bonchev–Trinajstić information content (AvgIpc) is 2.35. The van der Waals surface area contributed by atoms with E-state index in [1.807, 2.05) is 0 Å². The number of benzene rings is 2. The van der Waals surface area contributed by atoms with Crippen LogP contribution in [0.15, 0.2) is 45.3 Å². The van der Waals surface area contributed by atoms with Crippen LogP contribution in [0.5, 0.6) is 0 Å². The molecule has 0 spiro atoms. The summed E-state index contributed by atoms with van der Waals surface area (Å²) in [6.07, 6.45) is 0. The van der Waals surface area contributed by atoms with E-state index in [2.05, 4.69) is 31.9 Å². The molecule has 0 saturated carbocycles. The third kappa shape index (κ3) is 2.52. The van der Waals surface area contributed by atoms with Gasteiger partial charge in [-0.05, 0) is 30.3 Å². The number of hydrogen-bond acceptors (Lipinski definition) is 1. The Hall–Kier alpha value is -1.07. The van der Waals surface area contributed by atoms with E-state index >= 15 is 0 Å². The fourth-order valence-corrected chi connectivity index (χ4v) is 2.28. The Morgan fingerprint density at radius 1 is 1.00 bits per heavy atom. The molecule has 1 nitrogen and oxygen atoms in total. The van der Waals surface area contributed by atoms with Crippen molar-refractivity contribution in [1.82, 2.24) is 0 Å². The number of rotatable bonds is 2. The second-order valence-electron chi connectivity index (χ2n) is 3.55. The quantitative estimate of drug-likeness (QED) is 0.694. The van der Waals surface area contributed by atoms with E-state index in [0.717, 1.165) is 6.07 Å². The highest BCUT2D eigenvalue weighted by molar-refractivity contribution is 9.11. The predicted molar refractivity (Wildman–Crippen MR) is 71.6 cm³/mol. The number of hydrogen-bond donors (Lipinski definition) is 0. The van der Waals surface area contributed by atoms with Crippen LogP contribution in [-0.4, -0.2) is 5.78 Å². The molecule has 18 heavy (non-hydrogen) atoms. The van der Waals surface area contributed by atoms with Crippen molar-refractivity contribution in [3.8, 4) is 0 Å². The third-order valence-electron chi connectivity index (χ3n) is 2.37. The molecule has 2 aromatic rings. The molecule has 0 bridgehead atoms. The van der Waals surface area contributed by atoms with Crippen molar-refractivity contribution < 1.29 is 13.6 Å². The molecule has 92 valence electrons. The van der Waals surface area contributed by atoms with Gasteiger partial charge >= 0.3 is 0 Å². The minimum atomic E-state index is -1.13. The van der Waals surface area contributed by atoms with Gasteiger partial charge in [0.1, 0.15) is 0 Å². The highest BCUT2D eigenvalue weighted by Crippen LogP contribution is 2.25. The van der Waals surface area contributed by atoms with Gasteiger partial charge in [-0.25, -0.2) is 8.78 Å². The number of carbonyl (C=O) groups is 1. The summed E-state index contributed by atoms with van der Waals surface area (Å²) >= 11 is 6.44. The van der Waals surface area contributed by atoms with Gasteiger partial charge in [0.2, 0.25) is 0 Å². The Balaban J connectivity index is 2.55. The minimum Gasteiger partial charge on any atom is -0.288 e. The average molecular weight is 376 g/mol. The van der Waals surface area contributed by atoms with Gasteiger partial charge in [-0.2, -0.15) is 0 Å². The smallest absolute Gasteiger partial charge is 0.197 e. The largest absolute Gasteiger partial charge is 0.288 e. The van der Waals surface area contributed by atoms with E-state index in [1.165, 1.54) is 12.1 Å². The summed E-state index contributed by atoms with van der Waals surface area (Å²) in [4.78, 5) is 12.1. The maximum absolute atomic E-state index is 13.5.